The number of rotatable bonds is 6. The van der Waals surface area contributed by atoms with Crippen LogP contribution in [0, 0.1) is 26.6 Å². The molecule has 9 heteroatoms. The standard InChI is InChI=1S/C22H22ClFN4O3/c1-13-4-9-18(10-14(13)2)31-12-19(29)25-26-22(30)20-15(3)27-28(21(20)23)11-16-5-7-17(24)8-6-16/h4-10H,11-12H2,1-3H3,(H,25,29)(H,26,30). The summed E-state index contributed by atoms with van der Waals surface area (Å²) in [5, 5.41) is 4.37. The van der Waals surface area contributed by atoms with Gasteiger partial charge in [0, 0.05) is 0 Å². The molecule has 31 heavy (non-hydrogen) atoms. The lowest BCUT2D eigenvalue weighted by Gasteiger charge is -2.10. The zero-order valence-electron chi connectivity index (χ0n) is 17.3. The fraction of sp³-hybridized carbons (Fsp3) is 0.227. The van der Waals surface area contributed by atoms with Crippen molar-refractivity contribution in [3.05, 3.63) is 81.4 Å². The largest absolute Gasteiger partial charge is 0.484 e. The van der Waals surface area contributed by atoms with Gasteiger partial charge in [-0.3, -0.25) is 20.4 Å². The van der Waals surface area contributed by atoms with Gasteiger partial charge in [0.2, 0.25) is 0 Å². The van der Waals surface area contributed by atoms with Crippen LogP contribution in [0.15, 0.2) is 42.5 Å². The Morgan fingerprint density at radius 2 is 1.77 bits per heavy atom. The number of hydrazine groups is 1. The zero-order valence-corrected chi connectivity index (χ0v) is 18.1. The molecule has 0 aliphatic rings. The molecular formula is C22H22ClFN4O3. The zero-order chi connectivity index (χ0) is 22.5. The molecule has 3 rings (SSSR count). The highest BCUT2D eigenvalue weighted by molar-refractivity contribution is 6.33. The third kappa shape index (κ3) is 5.61. The fourth-order valence-electron chi connectivity index (χ4n) is 2.86. The van der Waals surface area contributed by atoms with E-state index >= 15 is 0 Å². The number of ether oxygens (including phenoxy) is 1. The third-order valence-electron chi connectivity index (χ3n) is 4.70. The van der Waals surface area contributed by atoms with E-state index in [-0.39, 0.29) is 29.7 Å². The maximum Gasteiger partial charge on any atom is 0.276 e. The molecule has 0 unspecified atom stereocenters. The molecule has 2 amide bonds. The first-order valence-corrected chi connectivity index (χ1v) is 9.89. The van der Waals surface area contributed by atoms with Crippen molar-refractivity contribution in [2.45, 2.75) is 27.3 Å². The lowest BCUT2D eigenvalue weighted by atomic mass is 10.1. The summed E-state index contributed by atoms with van der Waals surface area (Å²) in [4.78, 5) is 24.5. The molecule has 1 heterocycles. The minimum atomic E-state index is -0.604. The van der Waals surface area contributed by atoms with Crippen LogP contribution in [-0.2, 0) is 11.3 Å². The highest BCUT2D eigenvalue weighted by Gasteiger charge is 2.21. The third-order valence-corrected chi connectivity index (χ3v) is 5.09. The molecule has 0 saturated carbocycles. The van der Waals surface area contributed by atoms with E-state index in [1.807, 2.05) is 26.0 Å². The molecule has 0 saturated heterocycles. The van der Waals surface area contributed by atoms with E-state index in [9.17, 15) is 14.0 Å². The van der Waals surface area contributed by atoms with Crippen molar-refractivity contribution in [1.82, 2.24) is 20.6 Å². The molecule has 0 fully saturated rings. The number of hydrogen-bond acceptors (Lipinski definition) is 4. The molecule has 0 bridgehead atoms. The van der Waals surface area contributed by atoms with Crippen LogP contribution in [0.1, 0.15) is 32.7 Å². The Morgan fingerprint density at radius 3 is 2.45 bits per heavy atom. The summed E-state index contributed by atoms with van der Waals surface area (Å²) in [6, 6.07) is 11.4. The average Bonchev–Trinajstić information content (AvgIpc) is 3.01. The van der Waals surface area contributed by atoms with Crippen LogP contribution in [-0.4, -0.2) is 28.2 Å². The van der Waals surface area contributed by atoms with Crippen LogP contribution >= 0.6 is 11.6 Å². The topological polar surface area (TPSA) is 85.2 Å². The fourth-order valence-corrected chi connectivity index (χ4v) is 3.18. The van der Waals surface area contributed by atoms with Crippen molar-refractivity contribution in [2.24, 2.45) is 0 Å². The molecule has 0 aliphatic carbocycles. The second-order valence-electron chi connectivity index (χ2n) is 7.07. The number of carbonyl (C=O) groups is 2. The molecule has 7 nitrogen and oxygen atoms in total. The molecule has 162 valence electrons. The summed E-state index contributed by atoms with van der Waals surface area (Å²) < 4.78 is 19.9. The van der Waals surface area contributed by atoms with E-state index in [1.165, 1.54) is 16.8 Å². The maximum atomic E-state index is 13.1. The lowest BCUT2D eigenvalue weighted by Crippen LogP contribution is -2.44. The summed E-state index contributed by atoms with van der Waals surface area (Å²) in [5.74, 6) is -0.916. The van der Waals surface area contributed by atoms with Gasteiger partial charge in [-0.05, 0) is 61.7 Å². The van der Waals surface area contributed by atoms with Crippen molar-refractivity contribution >= 4 is 23.4 Å². The Hall–Kier alpha value is -3.39. The quantitative estimate of drug-likeness (QED) is 0.570. The van der Waals surface area contributed by atoms with Gasteiger partial charge in [-0.1, -0.05) is 29.8 Å². The first-order valence-electron chi connectivity index (χ1n) is 9.51. The van der Waals surface area contributed by atoms with Gasteiger partial charge in [0.25, 0.3) is 11.8 Å². The maximum absolute atomic E-state index is 13.1. The van der Waals surface area contributed by atoms with Crippen LogP contribution in [0.25, 0.3) is 0 Å². The second kappa shape index (κ2) is 9.61. The van der Waals surface area contributed by atoms with Crippen LogP contribution in [0.3, 0.4) is 0 Å². The lowest BCUT2D eigenvalue weighted by molar-refractivity contribution is -0.123. The Bertz CT molecular complexity index is 1110. The molecule has 0 spiro atoms. The van der Waals surface area contributed by atoms with Gasteiger partial charge < -0.3 is 4.74 Å². The Morgan fingerprint density at radius 1 is 1.06 bits per heavy atom. The van der Waals surface area contributed by atoms with Crippen LogP contribution < -0.4 is 15.6 Å². The van der Waals surface area contributed by atoms with E-state index in [0.29, 0.717) is 11.4 Å². The number of aromatic nitrogens is 2. The molecule has 0 atom stereocenters. The molecule has 3 aromatic rings. The SMILES string of the molecule is Cc1ccc(OCC(=O)NNC(=O)c2c(C)nn(Cc3ccc(F)cc3)c2Cl)cc1C. The number of nitrogens with zero attached hydrogens (tertiary/aromatic N) is 2. The minimum Gasteiger partial charge on any atom is -0.484 e. The minimum absolute atomic E-state index is 0.111. The van der Waals surface area contributed by atoms with Crippen molar-refractivity contribution in [3.8, 4) is 5.75 Å². The van der Waals surface area contributed by atoms with Gasteiger partial charge in [-0.2, -0.15) is 5.10 Å². The predicted octanol–water partition coefficient (Wildman–Crippen LogP) is 3.49. The van der Waals surface area contributed by atoms with Gasteiger partial charge in [0.1, 0.15) is 22.3 Å². The molecule has 0 aliphatic heterocycles. The number of halogens is 2. The highest BCUT2D eigenvalue weighted by atomic mass is 35.5. The summed E-state index contributed by atoms with van der Waals surface area (Å²) in [7, 11) is 0. The number of carbonyl (C=O) groups excluding carboxylic acids is 2. The number of nitrogens with one attached hydrogen (secondary N) is 2. The van der Waals surface area contributed by atoms with Gasteiger partial charge in [-0.25, -0.2) is 9.07 Å². The van der Waals surface area contributed by atoms with E-state index < -0.39 is 11.8 Å². The molecule has 2 N–H and O–H groups in total. The molecule has 0 radical (unpaired) electrons. The van der Waals surface area contributed by atoms with Crippen LogP contribution in [0.2, 0.25) is 5.15 Å². The van der Waals surface area contributed by atoms with Gasteiger partial charge >= 0.3 is 0 Å². The van der Waals surface area contributed by atoms with Gasteiger partial charge in [0.05, 0.1) is 12.2 Å². The number of hydrogen-bond donors (Lipinski definition) is 2. The second-order valence-corrected chi connectivity index (χ2v) is 7.43. The Balaban J connectivity index is 1.57. The summed E-state index contributed by atoms with van der Waals surface area (Å²) >= 11 is 6.32. The van der Waals surface area contributed by atoms with Crippen LogP contribution in [0.4, 0.5) is 4.39 Å². The molecule has 2 aromatic carbocycles. The smallest absolute Gasteiger partial charge is 0.276 e. The Labute approximate surface area is 184 Å². The molecule has 1 aromatic heterocycles. The van der Waals surface area contributed by atoms with E-state index in [1.54, 1.807) is 25.1 Å². The number of amides is 2. The van der Waals surface area contributed by atoms with Crippen molar-refractivity contribution in [2.75, 3.05) is 6.61 Å². The normalized spacial score (nSPS) is 10.6. The van der Waals surface area contributed by atoms with Gasteiger partial charge in [-0.15, -0.1) is 0 Å². The first-order chi connectivity index (χ1) is 14.7. The first kappa shape index (κ1) is 22.3. The summed E-state index contributed by atoms with van der Waals surface area (Å²) in [6.07, 6.45) is 0. The number of aryl methyl sites for hydroxylation is 3. The summed E-state index contributed by atoms with van der Waals surface area (Å²) in [6.45, 7) is 5.57. The monoisotopic (exact) mass is 444 g/mol. The van der Waals surface area contributed by atoms with E-state index in [0.717, 1.165) is 16.7 Å². The van der Waals surface area contributed by atoms with Gasteiger partial charge in [0.15, 0.2) is 6.61 Å². The molecular weight excluding hydrogens is 423 g/mol. The predicted molar refractivity (Wildman–Crippen MR) is 114 cm³/mol. The average molecular weight is 445 g/mol. The van der Waals surface area contributed by atoms with E-state index in [2.05, 4.69) is 16.0 Å². The van der Waals surface area contributed by atoms with Crippen LogP contribution in [0.5, 0.6) is 5.75 Å². The number of benzene rings is 2. The van der Waals surface area contributed by atoms with E-state index in [4.69, 9.17) is 16.3 Å². The highest BCUT2D eigenvalue weighted by Crippen LogP contribution is 2.21. The van der Waals surface area contributed by atoms with Crippen molar-refractivity contribution in [3.63, 3.8) is 0 Å². The Kier molecular flexibility index (Phi) is 6.91. The van der Waals surface area contributed by atoms with Crippen molar-refractivity contribution < 1.29 is 18.7 Å². The summed E-state index contributed by atoms with van der Waals surface area (Å²) in [5.41, 5.74) is 8.09. The van der Waals surface area contributed by atoms with Crippen molar-refractivity contribution in [1.29, 1.82) is 0 Å².